The van der Waals surface area contributed by atoms with Crippen LogP contribution in [-0.2, 0) is 17.7 Å². The number of amides is 1. The number of nitrogens with zero attached hydrogens (tertiary/aromatic N) is 1. The van der Waals surface area contributed by atoms with E-state index in [1.54, 1.807) is 30.3 Å². The van der Waals surface area contributed by atoms with Crippen molar-refractivity contribution in [2.45, 2.75) is 39.4 Å². The average molecular weight is 491 g/mol. The predicted molar refractivity (Wildman–Crippen MR) is 127 cm³/mol. The number of nitrogens with one attached hydrogen (secondary N) is 1. The Kier molecular flexibility index (Phi) is 8.09. The standard InChI is InChI=1S/C26H29F3N2O4/c1-5-31-15-20(10-17-6-7-19(25(33)35-4)12-23(17)34-3)21-11-18(8-9-22(21)31)24(32)30-14-16(2)13-26(27,28)29/h6-9,11-12,15-16H,5,10,13-14H2,1-4H3,(H,30,32). The molecule has 2 aromatic carbocycles. The van der Waals surface area contributed by atoms with Gasteiger partial charge >= 0.3 is 12.1 Å². The van der Waals surface area contributed by atoms with Gasteiger partial charge in [0.1, 0.15) is 5.75 Å². The molecule has 0 aliphatic carbocycles. The van der Waals surface area contributed by atoms with Crippen molar-refractivity contribution in [2.24, 2.45) is 5.92 Å². The molecule has 35 heavy (non-hydrogen) atoms. The second kappa shape index (κ2) is 10.8. The number of fused-ring (bicyclic) bond motifs is 1. The van der Waals surface area contributed by atoms with Crippen LogP contribution >= 0.6 is 0 Å². The quantitative estimate of drug-likeness (QED) is 0.410. The third-order valence-corrected chi connectivity index (χ3v) is 5.85. The maximum Gasteiger partial charge on any atom is 0.389 e. The number of methoxy groups -OCH3 is 2. The van der Waals surface area contributed by atoms with Gasteiger partial charge in [-0.05, 0) is 54.3 Å². The minimum Gasteiger partial charge on any atom is -0.496 e. The molecular weight excluding hydrogens is 461 g/mol. The molecule has 0 bridgehead atoms. The minimum atomic E-state index is -4.27. The lowest BCUT2D eigenvalue weighted by atomic mass is 10.0. The van der Waals surface area contributed by atoms with Gasteiger partial charge in [-0.3, -0.25) is 4.79 Å². The van der Waals surface area contributed by atoms with Crippen LogP contribution in [0.15, 0.2) is 42.6 Å². The summed E-state index contributed by atoms with van der Waals surface area (Å²) in [4.78, 5) is 24.5. The lowest BCUT2D eigenvalue weighted by Crippen LogP contribution is -2.30. The van der Waals surface area contributed by atoms with E-state index in [0.717, 1.165) is 28.6 Å². The van der Waals surface area contributed by atoms with Crippen LogP contribution in [0.25, 0.3) is 10.9 Å². The zero-order chi connectivity index (χ0) is 25.8. The molecule has 1 N–H and O–H groups in total. The number of carbonyl (C=O) groups is 2. The first-order valence-corrected chi connectivity index (χ1v) is 11.3. The van der Waals surface area contributed by atoms with Gasteiger partial charge in [0.25, 0.3) is 5.91 Å². The average Bonchev–Trinajstić information content (AvgIpc) is 3.17. The summed E-state index contributed by atoms with van der Waals surface area (Å²) in [6.07, 6.45) is -2.73. The largest absolute Gasteiger partial charge is 0.496 e. The van der Waals surface area contributed by atoms with Crippen LogP contribution in [-0.4, -0.2) is 43.4 Å². The first-order valence-electron chi connectivity index (χ1n) is 11.3. The van der Waals surface area contributed by atoms with Crippen molar-refractivity contribution in [2.75, 3.05) is 20.8 Å². The molecule has 0 aliphatic rings. The van der Waals surface area contributed by atoms with E-state index in [9.17, 15) is 22.8 Å². The topological polar surface area (TPSA) is 69.6 Å². The fourth-order valence-corrected chi connectivity index (χ4v) is 4.09. The number of alkyl halides is 3. The van der Waals surface area contributed by atoms with Crippen LogP contribution in [0.4, 0.5) is 13.2 Å². The molecule has 3 rings (SSSR count). The Morgan fingerprint density at radius 3 is 2.40 bits per heavy atom. The number of ether oxygens (including phenoxy) is 2. The Morgan fingerprint density at radius 1 is 1.06 bits per heavy atom. The maximum atomic E-state index is 12.7. The highest BCUT2D eigenvalue weighted by Crippen LogP contribution is 2.29. The van der Waals surface area contributed by atoms with E-state index in [2.05, 4.69) is 9.88 Å². The molecule has 0 spiro atoms. The molecule has 1 amide bonds. The number of hydrogen-bond donors (Lipinski definition) is 1. The molecular formula is C26H29F3N2O4. The highest BCUT2D eigenvalue weighted by Gasteiger charge is 2.30. The number of rotatable bonds is 9. The van der Waals surface area contributed by atoms with Crippen LogP contribution in [0, 0.1) is 5.92 Å². The number of benzene rings is 2. The van der Waals surface area contributed by atoms with Crippen molar-refractivity contribution in [3.63, 3.8) is 0 Å². The van der Waals surface area contributed by atoms with Crippen molar-refractivity contribution in [1.82, 2.24) is 9.88 Å². The van der Waals surface area contributed by atoms with Gasteiger partial charge in [0.15, 0.2) is 0 Å². The Bertz CT molecular complexity index is 1220. The van der Waals surface area contributed by atoms with Crippen LogP contribution in [0.3, 0.4) is 0 Å². The molecule has 188 valence electrons. The molecule has 0 fully saturated rings. The van der Waals surface area contributed by atoms with Crippen LogP contribution in [0.2, 0.25) is 0 Å². The molecule has 3 aromatic rings. The number of carbonyl (C=O) groups excluding carboxylic acids is 2. The summed E-state index contributed by atoms with van der Waals surface area (Å²) in [5, 5.41) is 3.47. The van der Waals surface area contributed by atoms with E-state index >= 15 is 0 Å². The molecule has 0 saturated heterocycles. The zero-order valence-electron chi connectivity index (χ0n) is 20.2. The smallest absolute Gasteiger partial charge is 0.389 e. The molecule has 0 aliphatic heterocycles. The first-order chi connectivity index (χ1) is 16.6. The van der Waals surface area contributed by atoms with Crippen LogP contribution in [0.5, 0.6) is 5.75 Å². The molecule has 9 heteroatoms. The highest BCUT2D eigenvalue weighted by atomic mass is 19.4. The van der Waals surface area contributed by atoms with Gasteiger partial charge in [0, 0.05) is 48.6 Å². The SMILES string of the molecule is CCn1cc(Cc2ccc(C(=O)OC)cc2OC)c2cc(C(=O)NCC(C)CC(F)(F)F)ccc21. The maximum absolute atomic E-state index is 12.7. The Morgan fingerprint density at radius 2 is 1.77 bits per heavy atom. The van der Waals surface area contributed by atoms with Crippen LogP contribution < -0.4 is 10.1 Å². The summed E-state index contributed by atoms with van der Waals surface area (Å²) < 4.78 is 50.0. The van der Waals surface area contributed by atoms with Crippen molar-refractivity contribution in [3.05, 3.63) is 64.8 Å². The number of aromatic nitrogens is 1. The van der Waals surface area contributed by atoms with E-state index in [-0.39, 0.29) is 6.54 Å². The van der Waals surface area contributed by atoms with Gasteiger partial charge in [0.2, 0.25) is 0 Å². The summed E-state index contributed by atoms with van der Waals surface area (Å²) in [6, 6.07) is 10.4. The Labute approximate surface area is 202 Å². The number of hydrogen-bond acceptors (Lipinski definition) is 4. The summed E-state index contributed by atoms with van der Waals surface area (Å²) >= 11 is 0. The fraction of sp³-hybridized carbons (Fsp3) is 0.385. The molecule has 1 aromatic heterocycles. The summed E-state index contributed by atoms with van der Waals surface area (Å²) in [5.74, 6) is -1.06. The second-order valence-electron chi connectivity index (χ2n) is 8.50. The van der Waals surface area contributed by atoms with Gasteiger partial charge in [-0.1, -0.05) is 13.0 Å². The zero-order valence-corrected chi connectivity index (χ0v) is 20.2. The molecule has 6 nitrogen and oxygen atoms in total. The normalized spacial score (nSPS) is 12.4. The van der Waals surface area contributed by atoms with E-state index in [1.165, 1.54) is 21.1 Å². The van der Waals surface area contributed by atoms with E-state index in [1.807, 2.05) is 19.2 Å². The lowest BCUT2D eigenvalue weighted by Gasteiger charge is -2.15. The van der Waals surface area contributed by atoms with E-state index in [0.29, 0.717) is 23.3 Å². The van der Waals surface area contributed by atoms with Crippen molar-refractivity contribution in [3.8, 4) is 5.75 Å². The summed E-state index contributed by atoms with van der Waals surface area (Å²) in [7, 11) is 2.84. The van der Waals surface area contributed by atoms with Crippen molar-refractivity contribution < 1.29 is 32.2 Å². The first kappa shape index (κ1) is 26.1. The highest BCUT2D eigenvalue weighted by molar-refractivity contribution is 5.99. The van der Waals surface area contributed by atoms with Gasteiger partial charge in [-0.15, -0.1) is 0 Å². The Balaban J connectivity index is 1.88. The molecule has 1 unspecified atom stereocenters. The van der Waals surface area contributed by atoms with Gasteiger partial charge < -0.3 is 19.4 Å². The third-order valence-electron chi connectivity index (χ3n) is 5.85. The predicted octanol–water partition coefficient (Wildman–Crippen LogP) is 5.37. The van der Waals surface area contributed by atoms with Gasteiger partial charge in [-0.2, -0.15) is 13.2 Å². The van der Waals surface area contributed by atoms with Gasteiger partial charge in [-0.25, -0.2) is 4.79 Å². The fourth-order valence-electron chi connectivity index (χ4n) is 4.09. The minimum absolute atomic E-state index is 0.0665. The molecule has 0 saturated carbocycles. The Hall–Kier alpha value is -3.49. The van der Waals surface area contributed by atoms with E-state index in [4.69, 9.17) is 9.47 Å². The lowest BCUT2D eigenvalue weighted by molar-refractivity contribution is -0.142. The van der Waals surface area contributed by atoms with E-state index < -0.39 is 30.4 Å². The molecule has 1 atom stereocenters. The number of halogens is 3. The van der Waals surface area contributed by atoms with Crippen LogP contribution in [0.1, 0.15) is 52.1 Å². The molecule has 1 heterocycles. The van der Waals surface area contributed by atoms with Gasteiger partial charge in [0.05, 0.1) is 19.8 Å². The number of aryl methyl sites for hydroxylation is 1. The second-order valence-corrected chi connectivity index (χ2v) is 8.50. The van der Waals surface area contributed by atoms with Crippen molar-refractivity contribution >= 4 is 22.8 Å². The third kappa shape index (κ3) is 6.35. The number of esters is 1. The molecule has 0 radical (unpaired) electrons. The monoisotopic (exact) mass is 490 g/mol. The van der Waals surface area contributed by atoms with Crippen molar-refractivity contribution in [1.29, 1.82) is 0 Å². The summed E-state index contributed by atoms with van der Waals surface area (Å²) in [5.41, 5.74) is 3.49. The summed E-state index contributed by atoms with van der Waals surface area (Å²) in [6.45, 7) is 4.12.